The van der Waals surface area contributed by atoms with Gasteiger partial charge in [-0.25, -0.2) is 15.6 Å². The van der Waals surface area contributed by atoms with Crippen LogP contribution in [0.2, 0.25) is 5.02 Å². The maximum absolute atomic E-state index is 11.5. The number of anilines is 2. The van der Waals surface area contributed by atoms with Gasteiger partial charge in [0.15, 0.2) is 16.4 Å². The van der Waals surface area contributed by atoms with Gasteiger partial charge in [-0.1, -0.05) is 29.8 Å². The third kappa shape index (κ3) is 3.89. The topological polar surface area (TPSA) is 167 Å². The van der Waals surface area contributed by atoms with Crippen LogP contribution in [-0.2, 0) is 0 Å². The molecule has 0 heterocycles. The van der Waals surface area contributed by atoms with E-state index in [4.69, 9.17) is 16.8 Å². The second kappa shape index (κ2) is 7.69. The number of nitrogens with one attached hydrogen (secondary N) is 5. The summed E-state index contributed by atoms with van der Waals surface area (Å²) in [6.07, 6.45) is 0. The number of rotatable bonds is 6. The summed E-state index contributed by atoms with van der Waals surface area (Å²) < 4.78 is 0. The summed E-state index contributed by atoms with van der Waals surface area (Å²) in [6, 6.07) is 9.28. The van der Waals surface area contributed by atoms with Gasteiger partial charge in [0.05, 0.1) is 11.8 Å². The molecule has 24 heavy (non-hydrogen) atoms. The summed E-state index contributed by atoms with van der Waals surface area (Å²) in [5.74, 6) is 0. The van der Waals surface area contributed by atoms with Crippen LogP contribution in [0.15, 0.2) is 36.4 Å². The lowest BCUT2D eigenvalue weighted by Crippen LogP contribution is -3.02. The first-order valence-corrected chi connectivity index (χ1v) is 6.84. The van der Waals surface area contributed by atoms with E-state index in [2.05, 4.69) is 10.9 Å². The van der Waals surface area contributed by atoms with Crippen LogP contribution in [0.25, 0.3) is 0 Å². The van der Waals surface area contributed by atoms with E-state index in [1.807, 2.05) is 0 Å². The molecule has 0 spiro atoms. The van der Waals surface area contributed by atoms with Crippen LogP contribution in [0, 0.1) is 15.6 Å². The van der Waals surface area contributed by atoms with Crippen molar-refractivity contribution in [2.24, 2.45) is 0 Å². The molecular weight excluding hydrogens is 346 g/mol. The number of benzene rings is 2. The molecule has 0 aromatic heterocycles. The molecule has 0 saturated heterocycles. The van der Waals surface area contributed by atoms with E-state index < -0.39 is 37.8 Å². The summed E-state index contributed by atoms with van der Waals surface area (Å²) in [4.78, 5) is 0. The van der Waals surface area contributed by atoms with E-state index in [0.717, 1.165) is 6.07 Å². The third-order valence-corrected chi connectivity index (χ3v) is 3.44. The largest absolute Gasteiger partial charge is 0.595 e. The smallest absolute Gasteiger partial charge is 0.220 e. The van der Waals surface area contributed by atoms with Gasteiger partial charge in [-0.3, -0.25) is 5.43 Å². The molecule has 0 bridgehead atoms. The van der Waals surface area contributed by atoms with E-state index in [0.29, 0.717) is 5.69 Å². The van der Waals surface area contributed by atoms with Crippen LogP contribution in [0.4, 0.5) is 28.4 Å². The Labute approximate surface area is 140 Å². The first kappa shape index (κ1) is 18.3. The minimum atomic E-state index is -1.57. The van der Waals surface area contributed by atoms with Crippen LogP contribution >= 0.6 is 11.6 Å². The first-order valence-electron chi connectivity index (χ1n) is 6.46. The highest BCUT2D eigenvalue weighted by Gasteiger charge is 2.29. The Kier molecular flexibility index (Phi) is 5.87. The number of quaternary nitrogens is 3. The Hall–Kier alpha value is -2.03. The number of para-hydroxylation sites is 1. The fourth-order valence-electron chi connectivity index (χ4n) is 1.97. The second-order valence-corrected chi connectivity index (χ2v) is 4.95. The van der Waals surface area contributed by atoms with Gasteiger partial charge in [0.25, 0.3) is 0 Å². The molecule has 0 aliphatic heterocycles. The molecule has 130 valence electrons. The van der Waals surface area contributed by atoms with Crippen molar-refractivity contribution >= 4 is 40.0 Å². The van der Waals surface area contributed by atoms with Gasteiger partial charge in [-0.15, -0.1) is 0 Å². The zero-order valence-electron chi connectivity index (χ0n) is 11.9. The maximum Gasteiger partial charge on any atom is 0.220 e. The molecule has 0 saturated carbocycles. The van der Waals surface area contributed by atoms with Crippen molar-refractivity contribution in [3.05, 3.63) is 57.0 Å². The highest BCUT2D eigenvalue weighted by atomic mass is 35.5. The molecule has 2 aromatic carbocycles. The number of hydrazine groups is 1. The van der Waals surface area contributed by atoms with E-state index in [1.165, 1.54) is 0 Å². The summed E-state index contributed by atoms with van der Waals surface area (Å²) in [6.45, 7) is 0. The van der Waals surface area contributed by atoms with E-state index in [9.17, 15) is 26.0 Å². The van der Waals surface area contributed by atoms with Crippen LogP contribution in [-0.4, -0.2) is 15.6 Å². The molecule has 2 aromatic rings. The average Bonchev–Trinajstić information content (AvgIpc) is 2.52. The SMILES string of the molecule is [O-][NH+](O)c1cc([NH+]([O-])O)c(NNc2ccccc2)c([NH+]([O-])O)c1Cl. The molecular formula is C12H14ClN5O6. The van der Waals surface area contributed by atoms with Crippen molar-refractivity contribution in [2.45, 2.75) is 0 Å². The van der Waals surface area contributed by atoms with Gasteiger partial charge in [0.1, 0.15) is 0 Å². The zero-order chi connectivity index (χ0) is 17.9. The summed E-state index contributed by atoms with van der Waals surface area (Å²) in [5, 5.41) is 56.5. The molecule has 0 aliphatic carbocycles. The van der Waals surface area contributed by atoms with Crippen molar-refractivity contribution in [2.75, 3.05) is 10.9 Å². The minimum absolute atomic E-state index is 0.353. The summed E-state index contributed by atoms with van der Waals surface area (Å²) in [7, 11) is 0. The molecule has 2 rings (SSSR count). The molecule has 12 heteroatoms. The van der Waals surface area contributed by atoms with E-state index in [1.54, 1.807) is 30.3 Å². The van der Waals surface area contributed by atoms with Crippen LogP contribution in [0.1, 0.15) is 0 Å². The van der Waals surface area contributed by atoms with Gasteiger partial charge in [-0.2, -0.15) is 15.7 Å². The highest BCUT2D eigenvalue weighted by Crippen LogP contribution is 2.37. The molecule has 0 amide bonds. The highest BCUT2D eigenvalue weighted by molar-refractivity contribution is 6.35. The predicted octanol–water partition coefficient (Wildman–Crippen LogP) is -1.01. The van der Waals surface area contributed by atoms with Crippen molar-refractivity contribution in [1.29, 1.82) is 0 Å². The van der Waals surface area contributed by atoms with Crippen molar-refractivity contribution in [3.63, 3.8) is 0 Å². The number of hydrogen-bond donors (Lipinski definition) is 8. The Morgan fingerprint density at radius 2 is 1.42 bits per heavy atom. The van der Waals surface area contributed by atoms with Gasteiger partial charge >= 0.3 is 0 Å². The van der Waals surface area contributed by atoms with Gasteiger partial charge in [0, 0.05) is 0 Å². The van der Waals surface area contributed by atoms with Gasteiger partial charge in [-0.05, 0) is 12.1 Å². The van der Waals surface area contributed by atoms with Gasteiger partial charge < -0.3 is 21.0 Å². The average molecular weight is 360 g/mol. The Bertz CT molecular complexity index is 700. The van der Waals surface area contributed by atoms with E-state index in [-0.39, 0.29) is 5.69 Å². The lowest BCUT2D eigenvalue weighted by molar-refractivity contribution is -1.00. The normalized spacial score (nSPS) is 14.8. The predicted molar refractivity (Wildman–Crippen MR) is 82.5 cm³/mol. The number of hydrogen-bond acceptors (Lipinski definition) is 8. The molecule has 11 nitrogen and oxygen atoms in total. The molecule has 0 aliphatic rings. The van der Waals surface area contributed by atoms with Crippen LogP contribution in [0.5, 0.6) is 0 Å². The maximum atomic E-state index is 11.5. The first-order chi connectivity index (χ1) is 11.3. The molecule has 3 unspecified atom stereocenters. The van der Waals surface area contributed by atoms with Crippen LogP contribution in [0.3, 0.4) is 0 Å². The quantitative estimate of drug-likeness (QED) is 0.303. The molecule has 3 atom stereocenters. The summed E-state index contributed by atoms with van der Waals surface area (Å²) in [5.41, 5.74) is 3.49. The fourth-order valence-corrected chi connectivity index (χ4v) is 2.28. The minimum Gasteiger partial charge on any atom is -0.595 e. The number of halogens is 1. The lowest BCUT2D eigenvalue weighted by atomic mass is 10.2. The van der Waals surface area contributed by atoms with Crippen molar-refractivity contribution in [3.8, 4) is 0 Å². The fraction of sp³-hybridized carbons (Fsp3) is 0. The monoisotopic (exact) mass is 359 g/mol. The van der Waals surface area contributed by atoms with E-state index >= 15 is 0 Å². The Morgan fingerprint density at radius 3 is 1.92 bits per heavy atom. The van der Waals surface area contributed by atoms with Gasteiger partial charge in [0.2, 0.25) is 11.4 Å². The third-order valence-electron chi connectivity index (χ3n) is 3.04. The molecule has 0 radical (unpaired) electrons. The molecule has 0 fully saturated rings. The molecule has 8 N–H and O–H groups in total. The van der Waals surface area contributed by atoms with Crippen molar-refractivity contribution in [1.82, 2.24) is 0 Å². The summed E-state index contributed by atoms with van der Waals surface area (Å²) >= 11 is 5.84. The second-order valence-electron chi connectivity index (χ2n) is 4.57. The Morgan fingerprint density at radius 1 is 0.833 bits per heavy atom. The lowest BCUT2D eigenvalue weighted by Gasteiger charge is -2.24. The van der Waals surface area contributed by atoms with Crippen LogP contribution < -0.4 is 26.5 Å². The van der Waals surface area contributed by atoms with Crippen molar-refractivity contribution < 1.29 is 31.3 Å². The zero-order valence-corrected chi connectivity index (χ0v) is 12.7. The Balaban J connectivity index is 2.52. The standard InChI is InChI=1S/C12H14ClN5O6/c13-10-8(16(19)20)6-9(17(21)22)11(12(10)18(23)24)15-14-7-4-2-1-3-5-7/h1-6,14-19,21,23H.